The van der Waals surface area contributed by atoms with Crippen molar-refractivity contribution in [3.05, 3.63) is 22.2 Å². The molecule has 7 heteroatoms. The number of carbonyl (C=O) groups excluding carboxylic acids is 1. The Balaban J connectivity index is 3.61. The average Bonchev–Trinajstić information content (AvgIpc) is 2.38. The Labute approximate surface area is 115 Å². The van der Waals surface area contributed by atoms with Crippen LogP contribution in [-0.2, 0) is 4.79 Å². The Kier molecular flexibility index (Phi) is 5.14. The first-order valence-electron chi connectivity index (χ1n) is 5.34. The molecular formula is C12H14ClNO5. The maximum atomic E-state index is 11.2. The van der Waals surface area contributed by atoms with Crippen LogP contribution in [0.25, 0.3) is 0 Å². The third-order valence-electron chi connectivity index (χ3n) is 2.69. The summed E-state index contributed by atoms with van der Waals surface area (Å²) in [6.07, 6.45) is 0.520. The van der Waals surface area contributed by atoms with Crippen LogP contribution >= 0.6 is 11.6 Å². The predicted octanol–water partition coefficient (Wildman–Crippen LogP) is 1.30. The number of methoxy groups -OCH3 is 2. The molecule has 0 amide bonds. The van der Waals surface area contributed by atoms with Crippen molar-refractivity contribution in [3.8, 4) is 11.5 Å². The van der Waals surface area contributed by atoms with E-state index < -0.39 is 11.9 Å². The molecule has 6 nitrogen and oxygen atoms in total. The van der Waals surface area contributed by atoms with Crippen molar-refractivity contribution in [2.24, 2.45) is 5.73 Å². The first-order valence-corrected chi connectivity index (χ1v) is 5.71. The maximum Gasteiger partial charge on any atom is 0.312 e. The van der Waals surface area contributed by atoms with Gasteiger partial charge in [-0.3, -0.25) is 9.59 Å². The van der Waals surface area contributed by atoms with E-state index in [1.54, 1.807) is 0 Å². The van der Waals surface area contributed by atoms with E-state index in [-0.39, 0.29) is 34.2 Å². The first kappa shape index (κ1) is 15.3. The molecular weight excluding hydrogens is 274 g/mol. The molecule has 0 spiro atoms. The van der Waals surface area contributed by atoms with Gasteiger partial charge in [0.2, 0.25) is 0 Å². The lowest BCUT2D eigenvalue weighted by molar-refractivity contribution is -0.138. The molecule has 104 valence electrons. The summed E-state index contributed by atoms with van der Waals surface area (Å²) in [6.45, 7) is -0.133. The zero-order chi connectivity index (χ0) is 14.6. The van der Waals surface area contributed by atoms with Crippen LogP contribution in [0.2, 0.25) is 5.02 Å². The van der Waals surface area contributed by atoms with Crippen molar-refractivity contribution in [2.45, 2.75) is 5.92 Å². The van der Waals surface area contributed by atoms with Crippen molar-refractivity contribution in [2.75, 3.05) is 20.8 Å². The summed E-state index contributed by atoms with van der Waals surface area (Å²) >= 11 is 5.95. The smallest absolute Gasteiger partial charge is 0.312 e. The largest absolute Gasteiger partial charge is 0.493 e. The van der Waals surface area contributed by atoms with Crippen molar-refractivity contribution >= 4 is 23.9 Å². The van der Waals surface area contributed by atoms with Gasteiger partial charge in [0.25, 0.3) is 0 Å². The molecule has 0 heterocycles. The molecule has 0 saturated heterocycles. The summed E-state index contributed by atoms with van der Waals surface area (Å²) in [6, 6.07) is 1.36. The molecule has 1 aromatic rings. The Morgan fingerprint density at radius 1 is 1.47 bits per heavy atom. The number of aliphatic carboxylic acids is 1. The number of benzene rings is 1. The third-order valence-corrected chi connectivity index (χ3v) is 3.00. The average molecular weight is 288 g/mol. The minimum Gasteiger partial charge on any atom is -0.493 e. The topological polar surface area (TPSA) is 98.9 Å². The summed E-state index contributed by atoms with van der Waals surface area (Å²) in [5.74, 6) is -1.87. The summed E-state index contributed by atoms with van der Waals surface area (Å²) in [4.78, 5) is 22.2. The molecule has 0 radical (unpaired) electrons. The van der Waals surface area contributed by atoms with Gasteiger partial charge in [0.1, 0.15) is 0 Å². The second kappa shape index (κ2) is 6.40. The van der Waals surface area contributed by atoms with E-state index in [2.05, 4.69) is 0 Å². The molecule has 1 rings (SSSR count). The minimum absolute atomic E-state index is 0.0855. The van der Waals surface area contributed by atoms with Gasteiger partial charge in [-0.25, -0.2) is 0 Å². The van der Waals surface area contributed by atoms with Crippen LogP contribution in [0.1, 0.15) is 21.8 Å². The second-order valence-electron chi connectivity index (χ2n) is 3.67. The Hall–Kier alpha value is -1.79. The summed E-state index contributed by atoms with van der Waals surface area (Å²) in [7, 11) is 2.68. The number of carboxylic acid groups (broad SMARTS) is 1. The van der Waals surface area contributed by atoms with E-state index in [9.17, 15) is 9.59 Å². The van der Waals surface area contributed by atoms with E-state index in [0.717, 1.165) is 0 Å². The number of nitrogens with two attached hydrogens (primary N) is 1. The molecule has 3 N–H and O–H groups in total. The van der Waals surface area contributed by atoms with Gasteiger partial charge in [-0.05, 0) is 6.07 Å². The SMILES string of the molecule is COc1c(C(CN)C(=O)O)cc(Cl)c(C=O)c1OC. The molecule has 0 aromatic heterocycles. The highest BCUT2D eigenvalue weighted by Crippen LogP contribution is 2.41. The van der Waals surface area contributed by atoms with E-state index in [0.29, 0.717) is 6.29 Å². The number of ether oxygens (including phenoxy) is 2. The first-order chi connectivity index (χ1) is 9.01. The van der Waals surface area contributed by atoms with E-state index in [1.165, 1.54) is 20.3 Å². The normalized spacial score (nSPS) is 11.8. The van der Waals surface area contributed by atoms with Crippen LogP contribution in [0, 0.1) is 0 Å². The zero-order valence-corrected chi connectivity index (χ0v) is 11.2. The lowest BCUT2D eigenvalue weighted by Crippen LogP contribution is -2.22. The Bertz CT molecular complexity index is 503. The van der Waals surface area contributed by atoms with E-state index in [4.69, 9.17) is 31.9 Å². The van der Waals surface area contributed by atoms with Crippen LogP contribution in [0.4, 0.5) is 0 Å². The van der Waals surface area contributed by atoms with Gasteiger partial charge in [-0.2, -0.15) is 0 Å². The summed E-state index contributed by atoms with van der Waals surface area (Å²) < 4.78 is 10.2. The van der Waals surface area contributed by atoms with Crippen molar-refractivity contribution in [3.63, 3.8) is 0 Å². The molecule has 0 aliphatic carbocycles. The van der Waals surface area contributed by atoms with Crippen LogP contribution in [-0.4, -0.2) is 38.1 Å². The number of carboxylic acids is 1. The lowest BCUT2D eigenvalue weighted by Gasteiger charge is -2.19. The van der Waals surface area contributed by atoms with Crippen molar-refractivity contribution < 1.29 is 24.2 Å². The van der Waals surface area contributed by atoms with Gasteiger partial charge in [0.15, 0.2) is 17.8 Å². The predicted molar refractivity (Wildman–Crippen MR) is 69.4 cm³/mol. The fourth-order valence-electron chi connectivity index (χ4n) is 1.78. The number of aldehydes is 1. The maximum absolute atomic E-state index is 11.2. The molecule has 0 bridgehead atoms. The van der Waals surface area contributed by atoms with E-state index in [1.807, 2.05) is 0 Å². The molecule has 1 unspecified atom stereocenters. The molecule has 19 heavy (non-hydrogen) atoms. The fraction of sp³-hybridized carbons (Fsp3) is 0.333. The lowest BCUT2D eigenvalue weighted by atomic mass is 9.96. The fourth-order valence-corrected chi connectivity index (χ4v) is 2.03. The van der Waals surface area contributed by atoms with Crippen LogP contribution in [0.5, 0.6) is 11.5 Å². The van der Waals surface area contributed by atoms with Crippen LogP contribution < -0.4 is 15.2 Å². The number of rotatable bonds is 6. The second-order valence-corrected chi connectivity index (χ2v) is 4.08. The minimum atomic E-state index is -1.11. The quantitative estimate of drug-likeness (QED) is 0.765. The van der Waals surface area contributed by atoms with Gasteiger partial charge in [0, 0.05) is 12.1 Å². The molecule has 0 aliphatic heterocycles. The molecule has 1 aromatic carbocycles. The Morgan fingerprint density at radius 2 is 2.05 bits per heavy atom. The molecule has 0 aliphatic rings. The van der Waals surface area contributed by atoms with Crippen molar-refractivity contribution in [1.29, 1.82) is 0 Å². The highest BCUT2D eigenvalue weighted by atomic mass is 35.5. The number of carbonyl (C=O) groups is 2. The zero-order valence-electron chi connectivity index (χ0n) is 10.5. The molecule has 1 atom stereocenters. The molecule has 0 saturated carbocycles. The summed E-state index contributed by atoms with van der Waals surface area (Å²) in [5.41, 5.74) is 5.82. The highest BCUT2D eigenvalue weighted by Gasteiger charge is 2.27. The third kappa shape index (κ3) is 2.80. The van der Waals surface area contributed by atoms with Gasteiger partial charge in [0.05, 0.1) is 30.7 Å². The van der Waals surface area contributed by atoms with E-state index >= 15 is 0 Å². The number of hydrogen-bond acceptors (Lipinski definition) is 5. The monoisotopic (exact) mass is 287 g/mol. The Morgan fingerprint density at radius 3 is 2.42 bits per heavy atom. The summed E-state index contributed by atoms with van der Waals surface area (Å²) in [5, 5.41) is 9.22. The molecule has 0 fully saturated rings. The van der Waals surface area contributed by atoms with Crippen LogP contribution in [0.3, 0.4) is 0 Å². The van der Waals surface area contributed by atoms with Gasteiger partial charge < -0.3 is 20.3 Å². The van der Waals surface area contributed by atoms with Crippen LogP contribution in [0.15, 0.2) is 6.07 Å². The number of hydrogen-bond donors (Lipinski definition) is 2. The highest BCUT2D eigenvalue weighted by molar-refractivity contribution is 6.33. The van der Waals surface area contributed by atoms with Gasteiger partial charge in [-0.15, -0.1) is 0 Å². The standard InChI is InChI=1S/C12H14ClNO5/c1-18-10-6(7(4-14)12(16)17)3-9(13)8(5-15)11(10)19-2/h3,5,7H,4,14H2,1-2H3,(H,16,17). The van der Waals surface area contributed by atoms with Crippen molar-refractivity contribution in [1.82, 2.24) is 0 Å². The van der Waals surface area contributed by atoms with Gasteiger partial charge in [-0.1, -0.05) is 11.6 Å². The number of halogens is 1. The van der Waals surface area contributed by atoms with Gasteiger partial charge >= 0.3 is 5.97 Å².